The van der Waals surface area contributed by atoms with Crippen molar-refractivity contribution in [2.75, 3.05) is 0 Å². The fourth-order valence-corrected chi connectivity index (χ4v) is 1.41. The Hall–Kier alpha value is -1.26. The van der Waals surface area contributed by atoms with Crippen molar-refractivity contribution in [3.05, 3.63) is 0 Å². The van der Waals surface area contributed by atoms with E-state index >= 15 is 0 Å². The summed E-state index contributed by atoms with van der Waals surface area (Å²) in [6.07, 6.45) is 1.18. The van der Waals surface area contributed by atoms with Gasteiger partial charge in [-0.2, -0.15) is 0 Å². The van der Waals surface area contributed by atoms with Crippen molar-refractivity contribution in [1.82, 2.24) is 4.90 Å². The Bertz CT molecular complexity index is 291. The van der Waals surface area contributed by atoms with E-state index in [1.54, 1.807) is 20.8 Å². The summed E-state index contributed by atoms with van der Waals surface area (Å²) in [5, 5.41) is 8.93. The molecule has 1 saturated carbocycles. The van der Waals surface area contributed by atoms with Crippen molar-refractivity contribution in [1.29, 1.82) is 0 Å². The Morgan fingerprint density at radius 2 is 1.88 bits per heavy atom. The monoisotopic (exact) mass is 229 g/mol. The number of nitrogens with zero attached hydrogens (tertiary/aromatic N) is 1. The molecule has 16 heavy (non-hydrogen) atoms. The van der Waals surface area contributed by atoms with Crippen molar-refractivity contribution in [3.63, 3.8) is 0 Å². The first-order valence-corrected chi connectivity index (χ1v) is 5.46. The molecule has 1 rings (SSSR count). The van der Waals surface area contributed by atoms with Crippen LogP contribution < -0.4 is 0 Å². The molecule has 0 aromatic carbocycles. The predicted octanol–water partition coefficient (Wildman–Crippen LogP) is 1.86. The topological polar surface area (TPSA) is 66.8 Å². The third-order valence-corrected chi connectivity index (χ3v) is 2.32. The number of aliphatic carboxylic acids is 1. The molecule has 5 heteroatoms. The minimum Gasteiger partial charge on any atom is -0.480 e. The van der Waals surface area contributed by atoms with Crippen LogP contribution in [0.25, 0.3) is 0 Å². The summed E-state index contributed by atoms with van der Waals surface area (Å²) in [6.45, 7) is 6.80. The Morgan fingerprint density at radius 3 is 2.19 bits per heavy atom. The van der Waals surface area contributed by atoms with Gasteiger partial charge in [-0.3, -0.25) is 4.90 Å². The van der Waals surface area contributed by atoms with Crippen molar-refractivity contribution in [2.45, 2.75) is 58.2 Å². The quantitative estimate of drug-likeness (QED) is 0.802. The minimum atomic E-state index is -1.00. The van der Waals surface area contributed by atoms with Crippen molar-refractivity contribution < 1.29 is 19.4 Å². The third-order valence-electron chi connectivity index (χ3n) is 2.32. The molecule has 0 heterocycles. The van der Waals surface area contributed by atoms with Gasteiger partial charge in [-0.05, 0) is 40.5 Å². The minimum absolute atomic E-state index is 0.0287. The highest BCUT2D eigenvalue weighted by Gasteiger charge is 2.40. The molecular formula is C11H19NO4. The number of ether oxygens (including phenoxy) is 1. The van der Waals surface area contributed by atoms with Gasteiger partial charge >= 0.3 is 12.1 Å². The molecule has 1 fully saturated rings. The molecule has 0 radical (unpaired) electrons. The largest absolute Gasteiger partial charge is 0.480 e. The molecule has 0 aromatic rings. The van der Waals surface area contributed by atoms with Gasteiger partial charge in [-0.25, -0.2) is 9.59 Å². The molecule has 0 aromatic heterocycles. The molecule has 1 atom stereocenters. The Balaban J connectivity index is 2.70. The van der Waals surface area contributed by atoms with E-state index in [0.717, 1.165) is 12.8 Å². The molecule has 1 aliphatic rings. The SMILES string of the molecule is C[C@H](C(=O)O)N(C(=O)OC(C)(C)C)C1CC1. The van der Waals surface area contributed by atoms with Crippen molar-refractivity contribution in [2.24, 2.45) is 0 Å². The zero-order valence-corrected chi connectivity index (χ0v) is 10.2. The maximum absolute atomic E-state index is 11.8. The van der Waals surface area contributed by atoms with Gasteiger partial charge in [0.05, 0.1) is 0 Å². The standard InChI is InChI=1S/C11H19NO4/c1-7(9(13)14)12(8-5-6-8)10(15)16-11(2,3)4/h7-8H,5-6H2,1-4H3,(H,13,14)/t7-/m1/s1. The van der Waals surface area contributed by atoms with Crippen LogP contribution in [0.4, 0.5) is 4.79 Å². The van der Waals surface area contributed by atoms with Gasteiger partial charge in [0.25, 0.3) is 0 Å². The number of hydrogen-bond acceptors (Lipinski definition) is 3. The highest BCUT2D eigenvalue weighted by atomic mass is 16.6. The van der Waals surface area contributed by atoms with Crippen LogP contribution in [0, 0.1) is 0 Å². The molecular weight excluding hydrogens is 210 g/mol. The zero-order chi connectivity index (χ0) is 12.5. The van der Waals surface area contributed by atoms with Crippen LogP contribution in [0.1, 0.15) is 40.5 Å². The maximum Gasteiger partial charge on any atom is 0.411 e. The molecule has 0 spiro atoms. The second-order valence-corrected chi connectivity index (χ2v) is 5.13. The smallest absolute Gasteiger partial charge is 0.411 e. The van der Waals surface area contributed by atoms with Crippen LogP contribution in [-0.2, 0) is 9.53 Å². The Labute approximate surface area is 95.4 Å². The third kappa shape index (κ3) is 3.40. The Morgan fingerprint density at radius 1 is 1.38 bits per heavy atom. The second kappa shape index (κ2) is 4.31. The first kappa shape index (κ1) is 12.8. The van der Waals surface area contributed by atoms with Gasteiger partial charge in [0.15, 0.2) is 0 Å². The number of hydrogen-bond donors (Lipinski definition) is 1. The fraction of sp³-hybridized carbons (Fsp3) is 0.818. The summed E-state index contributed by atoms with van der Waals surface area (Å²) >= 11 is 0. The summed E-state index contributed by atoms with van der Waals surface area (Å²) in [4.78, 5) is 24.0. The number of carboxylic acid groups (broad SMARTS) is 1. The summed E-state index contributed by atoms with van der Waals surface area (Å²) < 4.78 is 5.20. The molecule has 1 N–H and O–H groups in total. The number of carbonyl (C=O) groups excluding carboxylic acids is 1. The van der Waals surface area contributed by atoms with Crippen molar-refractivity contribution >= 4 is 12.1 Å². The summed E-state index contributed by atoms with van der Waals surface area (Å²) in [5.74, 6) is -1.00. The van der Waals surface area contributed by atoms with Gasteiger partial charge in [-0.15, -0.1) is 0 Å². The normalized spacial score (nSPS) is 17.8. The summed E-state index contributed by atoms with van der Waals surface area (Å²) in [7, 11) is 0. The molecule has 0 unspecified atom stereocenters. The van der Waals surface area contributed by atoms with Gasteiger partial charge in [0.1, 0.15) is 11.6 Å². The molecule has 1 amide bonds. The molecule has 1 aliphatic carbocycles. The van der Waals surface area contributed by atoms with E-state index < -0.39 is 23.7 Å². The van der Waals surface area contributed by atoms with Crippen LogP contribution in [-0.4, -0.2) is 39.8 Å². The van der Waals surface area contributed by atoms with Gasteiger partial charge in [0, 0.05) is 6.04 Å². The van der Waals surface area contributed by atoms with Crippen LogP contribution >= 0.6 is 0 Å². The number of amides is 1. The predicted molar refractivity (Wildman–Crippen MR) is 58.2 cm³/mol. The maximum atomic E-state index is 11.8. The lowest BCUT2D eigenvalue weighted by molar-refractivity contribution is -0.142. The molecule has 5 nitrogen and oxygen atoms in total. The van der Waals surface area contributed by atoms with Crippen molar-refractivity contribution in [3.8, 4) is 0 Å². The van der Waals surface area contributed by atoms with Crippen LogP contribution in [0.5, 0.6) is 0 Å². The molecule has 0 aliphatic heterocycles. The van der Waals surface area contributed by atoms with E-state index in [-0.39, 0.29) is 6.04 Å². The highest BCUT2D eigenvalue weighted by Crippen LogP contribution is 2.30. The number of carbonyl (C=O) groups is 2. The number of carboxylic acids is 1. The summed E-state index contributed by atoms with van der Waals surface area (Å²) in [5.41, 5.74) is -0.595. The van der Waals surface area contributed by atoms with E-state index in [2.05, 4.69) is 0 Å². The molecule has 92 valence electrons. The first-order chi connectivity index (χ1) is 7.22. The van der Waals surface area contributed by atoms with Gasteiger partial charge in [-0.1, -0.05) is 0 Å². The van der Waals surface area contributed by atoms with E-state index in [4.69, 9.17) is 9.84 Å². The van der Waals surface area contributed by atoms with E-state index in [1.165, 1.54) is 11.8 Å². The van der Waals surface area contributed by atoms with Crippen LogP contribution in [0.2, 0.25) is 0 Å². The molecule has 0 bridgehead atoms. The lowest BCUT2D eigenvalue weighted by Gasteiger charge is -2.29. The Kier molecular flexibility index (Phi) is 3.45. The van der Waals surface area contributed by atoms with E-state index in [1.807, 2.05) is 0 Å². The van der Waals surface area contributed by atoms with Gasteiger partial charge < -0.3 is 9.84 Å². The zero-order valence-electron chi connectivity index (χ0n) is 10.2. The first-order valence-electron chi connectivity index (χ1n) is 5.46. The summed E-state index contributed by atoms with van der Waals surface area (Å²) in [6, 6.07) is -0.803. The fourth-order valence-electron chi connectivity index (χ4n) is 1.41. The second-order valence-electron chi connectivity index (χ2n) is 5.13. The number of rotatable bonds is 3. The average molecular weight is 229 g/mol. The average Bonchev–Trinajstić information content (AvgIpc) is 2.84. The highest BCUT2D eigenvalue weighted by molar-refractivity contribution is 5.80. The van der Waals surface area contributed by atoms with Crippen LogP contribution in [0.15, 0.2) is 0 Å². The van der Waals surface area contributed by atoms with E-state index in [0.29, 0.717) is 0 Å². The van der Waals surface area contributed by atoms with Crippen LogP contribution in [0.3, 0.4) is 0 Å². The lowest BCUT2D eigenvalue weighted by Crippen LogP contribution is -2.46. The van der Waals surface area contributed by atoms with E-state index in [9.17, 15) is 9.59 Å². The van der Waals surface area contributed by atoms with Gasteiger partial charge in [0.2, 0.25) is 0 Å². The lowest BCUT2D eigenvalue weighted by atomic mass is 10.2. The molecule has 0 saturated heterocycles.